The summed E-state index contributed by atoms with van der Waals surface area (Å²) in [5.74, 6) is -0.0566. The zero-order valence-corrected chi connectivity index (χ0v) is 15.0. The van der Waals surface area contributed by atoms with E-state index >= 15 is 0 Å². The fraction of sp³-hybridized carbons (Fsp3) is 0.381. The highest BCUT2D eigenvalue weighted by Gasteiger charge is 2.22. The van der Waals surface area contributed by atoms with Crippen molar-refractivity contribution in [3.8, 4) is 0 Å². The molecule has 0 aliphatic heterocycles. The van der Waals surface area contributed by atoms with E-state index in [0.717, 1.165) is 11.1 Å². The fourth-order valence-electron chi connectivity index (χ4n) is 2.57. The molecule has 0 heterocycles. The van der Waals surface area contributed by atoms with Gasteiger partial charge in [-0.05, 0) is 17.0 Å². The Labute approximate surface area is 150 Å². The van der Waals surface area contributed by atoms with Crippen LogP contribution in [-0.4, -0.2) is 19.1 Å². The molecule has 3 N–H and O–H groups in total. The van der Waals surface area contributed by atoms with Crippen LogP contribution in [0.1, 0.15) is 31.0 Å². The molecule has 134 valence electrons. The van der Waals surface area contributed by atoms with E-state index in [1.807, 2.05) is 67.6 Å². The zero-order chi connectivity index (χ0) is 18.1. The lowest BCUT2D eigenvalue weighted by Gasteiger charge is -2.21. The molecular formula is C21H28N2O2. The Hall–Kier alpha value is -2.17. The fourth-order valence-corrected chi connectivity index (χ4v) is 2.57. The molecule has 0 saturated heterocycles. The molecule has 4 nitrogen and oxygen atoms in total. The van der Waals surface area contributed by atoms with Crippen molar-refractivity contribution in [2.24, 2.45) is 17.6 Å². The van der Waals surface area contributed by atoms with E-state index in [0.29, 0.717) is 19.8 Å². The van der Waals surface area contributed by atoms with Crippen LogP contribution in [0, 0.1) is 11.8 Å². The number of hydrogen-bond acceptors (Lipinski definition) is 3. The summed E-state index contributed by atoms with van der Waals surface area (Å²) in [5.41, 5.74) is 8.34. The number of rotatable bonds is 9. The molecule has 0 aromatic heterocycles. The standard InChI is InChI=1S/C21H28N2O2/c1-16(14-25-15-18-9-5-3-6-10-18)13-23-21(24)17(2)20(22)19-11-7-4-8-12-19/h3-12,16-17,20H,13-15,22H2,1-2H3,(H,23,24). The molecule has 0 fully saturated rings. The molecule has 25 heavy (non-hydrogen) atoms. The molecule has 4 heteroatoms. The summed E-state index contributed by atoms with van der Waals surface area (Å²) in [7, 11) is 0. The maximum absolute atomic E-state index is 12.3. The third-order valence-electron chi connectivity index (χ3n) is 4.28. The quantitative estimate of drug-likeness (QED) is 0.736. The lowest BCUT2D eigenvalue weighted by Crippen LogP contribution is -2.38. The third-order valence-corrected chi connectivity index (χ3v) is 4.28. The Kier molecular flexibility index (Phi) is 7.64. The number of carbonyl (C=O) groups excluding carboxylic acids is 1. The molecule has 0 radical (unpaired) electrons. The largest absolute Gasteiger partial charge is 0.376 e. The van der Waals surface area contributed by atoms with Gasteiger partial charge < -0.3 is 15.8 Å². The van der Waals surface area contributed by atoms with Crippen LogP contribution in [-0.2, 0) is 16.1 Å². The van der Waals surface area contributed by atoms with E-state index in [-0.39, 0.29) is 23.8 Å². The molecule has 3 unspecified atom stereocenters. The van der Waals surface area contributed by atoms with Gasteiger partial charge in [-0.1, -0.05) is 74.5 Å². The first-order valence-corrected chi connectivity index (χ1v) is 8.78. The van der Waals surface area contributed by atoms with E-state index in [1.165, 1.54) is 0 Å². The lowest BCUT2D eigenvalue weighted by atomic mass is 9.94. The van der Waals surface area contributed by atoms with E-state index in [9.17, 15) is 4.79 Å². The Morgan fingerprint density at radius 2 is 1.64 bits per heavy atom. The van der Waals surface area contributed by atoms with E-state index < -0.39 is 0 Å². The molecule has 2 aromatic carbocycles. The average Bonchev–Trinajstić information content (AvgIpc) is 2.66. The van der Waals surface area contributed by atoms with Crippen molar-refractivity contribution in [3.63, 3.8) is 0 Å². The van der Waals surface area contributed by atoms with E-state index in [2.05, 4.69) is 12.2 Å². The molecule has 0 aliphatic rings. The molecule has 0 bridgehead atoms. The topological polar surface area (TPSA) is 64.4 Å². The van der Waals surface area contributed by atoms with Crippen molar-refractivity contribution in [2.75, 3.05) is 13.2 Å². The van der Waals surface area contributed by atoms with Gasteiger partial charge in [-0.3, -0.25) is 4.79 Å². The number of nitrogens with one attached hydrogen (secondary N) is 1. The van der Waals surface area contributed by atoms with Gasteiger partial charge in [0.15, 0.2) is 0 Å². The molecule has 0 aliphatic carbocycles. The molecular weight excluding hydrogens is 312 g/mol. The average molecular weight is 340 g/mol. The van der Waals surface area contributed by atoms with Crippen LogP contribution < -0.4 is 11.1 Å². The SMILES string of the molecule is CC(CNC(=O)C(C)C(N)c1ccccc1)COCc1ccccc1. The molecule has 2 rings (SSSR count). The van der Waals surface area contributed by atoms with Crippen molar-refractivity contribution in [1.82, 2.24) is 5.32 Å². The molecule has 0 spiro atoms. The lowest BCUT2D eigenvalue weighted by molar-refractivity contribution is -0.125. The summed E-state index contributed by atoms with van der Waals surface area (Å²) in [6, 6.07) is 19.5. The van der Waals surface area contributed by atoms with Gasteiger partial charge in [-0.25, -0.2) is 0 Å². The van der Waals surface area contributed by atoms with Crippen LogP contribution in [0.5, 0.6) is 0 Å². The Morgan fingerprint density at radius 3 is 2.28 bits per heavy atom. The van der Waals surface area contributed by atoms with Gasteiger partial charge in [0.25, 0.3) is 0 Å². The third kappa shape index (κ3) is 6.33. The van der Waals surface area contributed by atoms with Gasteiger partial charge in [0.1, 0.15) is 0 Å². The predicted molar refractivity (Wildman–Crippen MR) is 101 cm³/mol. The summed E-state index contributed by atoms with van der Waals surface area (Å²) in [5, 5.41) is 2.98. The second kappa shape index (κ2) is 9.97. The number of amides is 1. The van der Waals surface area contributed by atoms with Gasteiger partial charge in [-0.2, -0.15) is 0 Å². The number of nitrogens with two attached hydrogens (primary N) is 1. The highest BCUT2D eigenvalue weighted by molar-refractivity contribution is 5.79. The van der Waals surface area contributed by atoms with Crippen LogP contribution in [0.15, 0.2) is 60.7 Å². The zero-order valence-electron chi connectivity index (χ0n) is 15.0. The first kappa shape index (κ1) is 19.2. The van der Waals surface area contributed by atoms with Gasteiger partial charge in [0.05, 0.1) is 19.1 Å². The number of hydrogen-bond donors (Lipinski definition) is 2. The minimum Gasteiger partial charge on any atom is -0.376 e. The second-order valence-corrected chi connectivity index (χ2v) is 6.58. The predicted octanol–water partition coefficient (Wildman–Crippen LogP) is 3.29. The minimum absolute atomic E-state index is 0.0220. The summed E-state index contributed by atoms with van der Waals surface area (Å²) >= 11 is 0. The van der Waals surface area contributed by atoms with Crippen LogP contribution in [0.3, 0.4) is 0 Å². The summed E-state index contributed by atoms with van der Waals surface area (Å²) < 4.78 is 5.72. The summed E-state index contributed by atoms with van der Waals surface area (Å²) in [6.07, 6.45) is 0. The molecule has 1 amide bonds. The normalized spacial score (nSPS) is 14.5. The molecule has 2 aromatic rings. The first-order valence-electron chi connectivity index (χ1n) is 8.78. The van der Waals surface area contributed by atoms with Crippen molar-refractivity contribution in [1.29, 1.82) is 0 Å². The first-order chi connectivity index (χ1) is 12.1. The number of ether oxygens (including phenoxy) is 1. The smallest absolute Gasteiger partial charge is 0.224 e. The Balaban J connectivity index is 1.69. The highest BCUT2D eigenvalue weighted by Crippen LogP contribution is 2.19. The van der Waals surface area contributed by atoms with Crippen molar-refractivity contribution in [3.05, 3.63) is 71.8 Å². The number of benzene rings is 2. The van der Waals surface area contributed by atoms with Crippen LogP contribution >= 0.6 is 0 Å². The summed E-state index contributed by atoms with van der Waals surface area (Å²) in [6.45, 7) is 5.71. The highest BCUT2D eigenvalue weighted by atomic mass is 16.5. The summed E-state index contributed by atoms with van der Waals surface area (Å²) in [4.78, 5) is 12.3. The molecule has 0 saturated carbocycles. The monoisotopic (exact) mass is 340 g/mol. The van der Waals surface area contributed by atoms with Crippen molar-refractivity contribution < 1.29 is 9.53 Å². The second-order valence-electron chi connectivity index (χ2n) is 6.58. The van der Waals surface area contributed by atoms with E-state index in [1.54, 1.807) is 0 Å². The van der Waals surface area contributed by atoms with Gasteiger partial charge in [-0.15, -0.1) is 0 Å². The van der Waals surface area contributed by atoms with Gasteiger partial charge in [0.2, 0.25) is 5.91 Å². The van der Waals surface area contributed by atoms with Crippen molar-refractivity contribution >= 4 is 5.91 Å². The molecule has 3 atom stereocenters. The maximum Gasteiger partial charge on any atom is 0.224 e. The van der Waals surface area contributed by atoms with E-state index in [4.69, 9.17) is 10.5 Å². The number of carbonyl (C=O) groups is 1. The Bertz CT molecular complexity index is 631. The maximum atomic E-state index is 12.3. The van der Waals surface area contributed by atoms with Gasteiger partial charge in [0, 0.05) is 12.6 Å². The van der Waals surface area contributed by atoms with Crippen LogP contribution in [0.4, 0.5) is 0 Å². The minimum atomic E-state index is -0.300. The van der Waals surface area contributed by atoms with Crippen LogP contribution in [0.2, 0.25) is 0 Å². The van der Waals surface area contributed by atoms with Gasteiger partial charge >= 0.3 is 0 Å². The van der Waals surface area contributed by atoms with Crippen molar-refractivity contribution in [2.45, 2.75) is 26.5 Å². The Morgan fingerprint density at radius 1 is 1.04 bits per heavy atom. The van der Waals surface area contributed by atoms with Crippen LogP contribution in [0.25, 0.3) is 0 Å².